The maximum absolute atomic E-state index is 12.7. The SMILES string of the molecule is COc1ccc(C(=O)N2CCC(Cc3ccc(CCC(=O)NCC4CC4)cc3)CC2)cc1. The molecular weight excluding hydrogens is 400 g/mol. The largest absolute Gasteiger partial charge is 0.497 e. The number of amides is 2. The van der Waals surface area contributed by atoms with Gasteiger partial charge in [-0.25, -0.2) is 0 Å². The predicted molar refractivity (Wildman–Crippen MR) is 126 cm³/mol. The molecule has 1 aliphatic carbocycles. The second-order valence-electron chi connectivity index (χ2n) is 9.23. The smallest absolute Gasteiger partial charge is 0.253 e. The molecule has 0 aromatic heterocycles. The molecule has 2 fully saturated rings. The zero-order valence-corrected chi connectivity index (χ0v) is 19.0. The highest BCUT2D eigenvalue weighted by atomic mass is 16.5. The van der Waals surface area contributed by atoms with Crippen molar-refractivity contribution in [3.63, 3.8) is 0 Å². The van der Waals surface area contributed by atoms with Gasteiger partial charge in [0.15, 0.2) is 0 Å². The molecule has 4 rings (SSSR count). The van der Waals surface area contributed by atoms with Gasteiger partial charge in [0.25, 0.3) is 5.91 Å². The van der Waals surface area contributed by atoms with E-state index < -0.39 is 0 Å². The Kier molecular flexibility index (Phi) is 7.46. The van der Waals surface area contributed by atoms with Crippen LogP contribution < -0.4 is 10.1 Å². The highest BCUT2D eigenvalue weighted by molar-refractivity contribution is 5.94. The molecule has 1 heterocycles. The van der Waals surface area contributed by atoms with Crippen molar-refractivity contribution in [2.45, 2.75) is 44.9 Å². The van der Waals surface area contributed by atoms with Gasteiger partial charge in [0.1, 0.15) is 5.75 Å². The number of carbonyl (C=O) groups excluding carboxylic acids is 2. The molecule has 5 nitrogen and oxygen atoms in total. The highest BCUT2D eigenvalue weighted by Gasteiger charge is 2.24. The Hall–Kier alpha value is -2.82. The first-order valence-corrected chi connectivity index (χ1v) is 11.9. The molecule has 170 valence electrons. The normalized spacial score (nSPS) is 16.6. The molecule has 2 aromatic carbocycles. The quantitative estimate of drug-likeness (QED) is 0.642. The number of rotatable bonds is 9. The number of hydrogen-bond donors (Lipinski definition) is 1. The van der Waals surface area contributed by atoms with E-state index in [2.05, 4.69) is 29.6 Å². The number of methoxy groups -OCH3 is 1. The fourth-order valence-electron chi connectivity index (χ4n) is 4.36. The number of hydrogen-bond acceptors (Lipinski definition) is 3. The molecule has 2 amide bonds. The molecule has 1 N–H and O–H groups in total. The Morgan fingerprint density at radius 3 is 2.19 bits per heavy atom. The second-order valence-corrected chi connectivity index (χ2v) is 9.23. The van der Waals surface area contributed by atoms with Crippen molar-refractivity contribution in [3.8, 4) is 5.75 Å². The third-order valence-corrected chi connectivity index (χ3v) is 6.71. The van der Waals surface area contributed by atoms with Gasteiger partial charge in [0.05, 0.1) is 7.11 Å². The minimum absolute atomic E-state index is 0.108. The third-order valence-electron chi connectivity index (χ3n) is 6.71. The number of likely N-dealkylation sites (tertiary alicyclic amines) is 1. The van der Waals surface area contributed by atoms with Crippen LogP contribution in [0.1, 0.15) is 53.6 Å². The predicted octanol–water partition coefficient (Wildman–Crippen LogP) is 4.25. The summed E-state index contributed by atoms with van der Waals surface area (Å²) in [6.45, 7) is 2.47. The van der Waals surface area contributed by atoms with E-state index in [4.69, 9.17) is 4.74 Å². The molecule has 1 saturated heterocycles. The summed E-state index contributed by atoms with van der Waals surface area (Å²) in [4.78, 5) is 26.6. The van der Waals surface area contributed by atoms with Crippen LogP contribution >= 0.6 is 0 Å². The van der Waals surface area contributed by atoms with Crippen molar-refractivity contribution in [1.29, 1.82) is 0 Å². The maximum atomic E-state index is 12.7. The standard InChI is InChI=1S/C27H34N2O3/c1-32-25-11-9-24(10-12-25)27(31)29-16-14-22(15-17-29)18-21-4-2-20(3-5-21)8-13-26(30)28-19-23-6-7-23/h2-5,9-12,22-23H,6-8,13-19H2,1H3,(H,28,30). The Morgan fingerprint density at radius 1 is 0.906 bits per heavy atom. The van der Waals surface area contributed by atoms with Gasteiger partial charge in [0, 0.05) is 31.6 Å². The second kappa shape index (κ2) is 10.7. The Balaban J connectivity index is 1.19. The van der Waals surface area contributed by atoms with Crippen LogP contribution in [0.2, 0.25) is 0 Å². The fourth-order valence-corrected chi connectivity index (χ4v) is 4.36. The lowest BCUT2D eigenvalue weighted by Crippen LogP contribution is -2.38. The van der Waals surface area contributed by atoms with Gasteiger partial charge < -0.3 is 15.0 Å². The molecule has 2 aromatic rings. The zero-order valence-electron chi connectivity index (χ0n) is 19.0. The van der Waals surface area contributed by atoms with Crippen molar-refractivity contribution >= 4 is 11.8 Å². The van der Waals surface area contributed by atoms with Crippen LogP contribution in [0.3, 0.4) is 0 Å². The van der Waals surface area contributed by atoms with E-state index >= 15 is 0 Å². The van der Waals surface area contributed by atoms with E-state index in [9.17, 15) is 9.59 Å². The zero-order chi connectivity index (χ0) is 22.3. The van der Waals surface area contributed by atoms with Gasteiger partial charge in [-0.3, -0.25) is 9.59 Å². The molecule has 0 atom stereocenters. The first-order chi connectivity index (χ1) is 15.6. The van der Waals surface area contributed by atoms with Crippen LogP contribution in [0, 0.1) is 11.8 Å². The first-order valence-electron chi connectivity index (χ1n) is 11.9. The Labute approximate surface area is 191 Å². The van der Waals surface area contributed by atoms with E-state index in [-0.39, 0.29) is 11.8 Å². The summed E-state index contributed by atoms with van der Waals surface area (Å²) in [6.07, 6.45) is 7.00. The number of carbonyl (C=O) groups is 2. The summed E-state index contributed by atoms with van der Waals surface area (Å²) in [6, 6.07) is 16.1. The Morgan fingerprint density at radius 2 is 1.56 bits per heavy atom. The van der Waals surface area contributed by atoms with Crippen LogP contribution in [-0.2, 0) is 17.6 Å². The molecular formula is C27H34N2O3. The average molecular weight is 435 g/mol. The minimum Gasteiger partial charge on any atom is -0.497 e. The van der Waals surface area contributed by atoms with Crippen molar-refractivity contribution in [1.82, 2.24) is 10.2 Å². The number of ether oxygens (including phenoxy) is 1. The van der Waals surface area contributed by atoms with Crippen molar-refractivity contribution < 1.29 is 14.3 Å². The Bertz CT molecular complexity index is 896. The summed E-state index contributed by atoms with van der Waals surface area (Å²) in [5.74, 6) is 2.37. The van der Waals surface area contributed by atoms with E-state index in [1.807, 2.05) is 29.2 Å². The van der Waals surface area contributed by atoms with E-state index in [0.29, 0.717) is 12.3 Å². The van der Waals surface area contributed by atoms with Crippen molar-refractivity contribution in [2.75, 3.05) is 26.7 Å². The highest BCUT2D eigenvalue weighted by Crippen LogP contribution is 2.27. The molecule has 5 heteroatoms. The molecule has 0 radical (unpaired) electrons. The third kappa shape index (κ3) is 6.35. The molecule has 32 heavy (non-hydrogen) atoms. The maximum Gasteiger partial charge on any atom is 0.253 e. The van der Waals surface area contributed by atoms with Gasteiger partial charge in [-0.2, -0.15) is 0 Å². The first kappa shape index (κ1) is 22.4. The lowest BCUT2D eigenvalue weighted by atomic mass is 9.89. The van der Waals surface area contributed by atoms with Gasteiger partial charge in [-0.05, 0) is 85.8 Å². The van der Waals surface area contributed by atoms with Crippen LogP contribution in [0.25, 0.3) is 0 Å². The fraction of sp³-hybridized carbons (Fsp3) is 0.481. The molecule has 1 aliphatic heterocycles. The van der Waals surface area contributed by atoms with Crippen LogP contribution in [-0.4, -0.2) is 43.5 Å². The number of nitrogens with one attached hydrogen (secondary N) is 1. The lowest BCUT2D eigenvalue weighted by Gasteiger charge is -2.32. The number of benzene rings is 2. The molecule has 0 spiro atoms. The molecule has 2 aliphatic rings. The van der Waals surface area contributed by atoms with Crippen LogP contribution in [0.5, 0.6) is 5.75 Å². The van der Waals surface area contributed by atoms with Crippen molar-refractivity contribution in [2.24, 2.45) is 11.8 Å². The van der Waals surface area contributed by atoms with Gasteiger partial charge >= 0.3 is 0 Å². The monoisotopic (exact) mass is 434 g/mol. The van der Waals surface area contributed by atoms with Gasteiger partial charge in [0.2, 0.25) is 5.91 Å². The average Bonchev–Trinajstić information content (AvgIpc) is 3.67. The topological polar surface area (TPSA) is 58.6 Å². The number of nitrogens with zero attached hydrogens (tertiary/aromatic N) is 1. The molecule has 1 saturated carbocycles. The van der Waals surface area contributed by atoms with E-state index in [1.165, 1.54) is 24.0 Å². The van der Waals surface area contributed by atoms with Crippen molar-refractivity contribution in [3.05, 3.63) is 65.2 Å². The van der Waals surface area contributed by atoms with Crippen LogP contribution in [0.15, 0.2) is 48.5 Å². The summed E-state index contributed by atoms with van der Waals surface area (Å²) in [7, 11) is 1.63. The van der Waals surface area contributed by atoms with Gasteiger partial charge in [-0.1, -0.05) is 24.3 Å². The summed E-state index contributed by atoms with van der Waals surface area (Å²) < 4.78 is 5.17. The minimum atomic E-state index is 0.108. The lowest BCUT2D eigenvalue weighted by molar-refractivity contribution is -0.121. The summed E-state index contributed by atoms with van der Waals surface area (Å²) in [5.41, 5.74) is 3.28. The van der Waals surface area contributed by atoms with E-state index in [0.717, 1.165) is 62.5 Å². The summed E-state index contributed by atoms with van der Waals surface area (Å²) >= 11 is 0. The van der Waals surface area contributed by atoms with E-state index in [1.54, 1.807) is 7.11 Å². The van der Waals surface area contributed by atoms with Gasteiger partial charge in [-0.15, -0.1) is 0 Å². The molecule has 0 unspecified atom stereocenters. The van der Waals surface area contributed by atoms with Crippen LogP contribution in [0.4, 0.5) is 0 Å². The summed E-state index contributed by atoms with van der Waals surface area (Å²) in [5, 5.41) is 3.03. The molecule has 0 bridgehead atoms. The number of piperidine rings is 1. The number of aryl methyl sites for hydroxylation is 1.